The maximum atomic E-state index is 12.5. The number of carbonyl (C=O) groups is 1. The highest BCUT2D eigenvalue weighted by Gasteiger charge is 2.18. The fraction of sp³-hybridized carbons (Fsp3) is 0.125. The van der Waals surface area contributed by atoms with Gasteiger partial charge in [-0.1, -0.05) is 40.6 Å². The van der Waals surface area contributed by atoms with Crippen LogP contribution in [0.15, 0.2) is 35.8 Å². The van der Waals surface area contributed by atoms with E-state index in [0.29, 0.717) is 37.1 Å². The maximum Gasteiger partial charge on any atom is 0.282 e. The number of fused-ring (bicyclic) bond motifs is 2. The van der Waals surface area contributed by atoms with Crippen molar-refractivity contribution >= 4 is 62.0 Å². The zero-order valence-electron chi connectivity index (χ0n) is 12.6. The van der Waals surface area contributed by atoms with E-state index in [2.05, 4.69) is 11.6 Å². The summed E-state index contributed by atoms with van der Waals surface area (Å²) in [6.07, 6.45) is 1.74. The summed E-state index contributed by atoms with van der Waals surface area (Å²) in [7, 11) is 0. The minimum Gasteiger partial charge on any atom is -0.454 e. The van der Waals surface area contributed by atoms with Crippen LogP contribution in [0.2, 0.25) is 8.67 Å². The number of amides is 1. The van der Waals surface area contributed by atoms with Crippen molar-refractivity contribution in [3.05, 3.63) is 49.9 Å². The van der Waals surface area contributed by atoms with Gasteiger partial charge in [-0.3, -0.25) is 4.79 Å². The summed E-state index contributed by atoms with van der Waals surface area (Å²) in [4.78, 5) is 17.3. The number of aromatic nitrogens is 1. The third kappa shape index (κ3) is 2.97. The number of allylic oxidation sites excluding steroid dienone is 1. The van der Waals surface area contributed by atoms with Crippen LogP contribution < -0.4 is 14.3 Å². The van der Waals surface area contributed by atoms with Gasteiger partial charge in [0.15, 0.2) is 16.3 Å². The molecule has 0 saturated carbocycles. The van der Waals surface area contributed by atoms with Crippen molar-refractivity contribution in [3.8, 4) is 11.5 Å². The van der Waals surface area contributed by atoms with E-state index < -0.39 is 5.91 Å². The number of hydrogen-bond donors (Lipinski definition) is 0. The molecule has 3 heterocycles. The minimum atomic E-state index is -0.433. The van der Waals surface area contributed by atoms with Crippen LogP contribution in [0.5, 0.6) is 11.5 Å². The first-order valence-electron chi connectivity index (χ1n) is 7.14. The van der Waals surface area contributed by atoms with Crippen molar-refractivity contribution in [1.29, 1.82) is 0 Å². The molecule has 1 aliphatic heterocycles. The number of rotatable bonds is 3. The number of thiophene rings is 1. The zero-order valence-corrected chi connectivity index (χ0v) is 15.8. The fourth-order valence-corrected chi connectivity index (χ4v) is 4.98. The van der Waals surface area contributed by atoms with Gasteiger partial charge in [0, 0.05) is 18.7 Å². The molecule has 2 aromatic heterocycles. The van der Waals surface area contributed by atoms with E-state index >= 15 is 0 Å². The summed E-state index contributed by atoms with van der Waals surface area (Å²) in [6.45, 7) is 4.49. The van der Waals surface area contributed by atoms with Gasteiger partial charge in [0.25, 0.3) is 5.91 Å². The molecule has 25 heavy (non-hydrogen) atoms. The van der Waals surface area contributed by atoms with Gasteiger partial charge in [-0.25, -0.2) is 0 Å². The van der Waals surface area contributed by atoms with E-state index in [9.17, 15) is 4.79 Å². The monoisotopic (exact) mass is 412 g/mol. The first-order chi connectivity index (χ1) is 12.1. The van der Waals surface area contributed by atoms with Crippen LogP contribution in [0.3, 0.4) is 0 Å². The molecule has 128 valence electrons. The molecule has 0 N–H and O–H groups in total. The molecule has 0 saturated heterocycles. The average molecular weight is 413 g/mol. The van der Waals surface area contributed by atoms with E-state index in [4.69, 9.17) is 32.7 Å². The molecule has 3 aromatic rings. The van der Waals surface area contributed by atoms with Gasteiger partial charge in [0.05, 0.1) is 20.1 Å². The predicted molar refractivity (Wildman–Crippen MR) is 100 cm³/mol. The van der Waals surface area contributed by atoms with Crippen LogP contribution >= 0.6 is 45.9 Å². The highest BCUT2D eigenvalue weighted by atomic mass is 35.5. The normalized spacial score (nSPS) is 13.6. The Morgan fingerprint density at radius 1 is 1.28 bits per heavy atom. The molecule has 0 fully saturated rings. The first-order valence-corrected chi connectivity index (χ1v) is 9.53. The molecule has 0 spiro atoms. The molecule has 1 aromatic carbocycles. The van der Waals surface area contributed by atoms with Gasteiger partial charge in [-0.2, -0.15) is 4.99 Å². The second-order valence-corrected chi connectivity index (χ2v) is 8.41. The predicted octanol–water partition coefficient (Wildman–Crippen LogP) is 4.73. The lowest BCUT2D eigenvalue weighted by Crippen LogP contribution is -2.16. The Bertz CT molecular complexity index is 1080. The molecule has 1 amide bonds. The van der Waals surface area contributed by atoms with Crippen molar-refractivity contribution in [3.63, 3.8) is 0 Å². The highest BCUT2D eigenvalue weighted by Crippen LogP contribution is 2.37. The number of thiazole rings is 1. The van der Waals surface area contributed by atoms with Gasteiger partial charge in [-0.15, -0.1) is 17.9 Å². The standard InChI is InChI=1S/C16H10Cl2N2O3S2/c1-2-3-20-9-5-10-11(23-7-22-10)6-12(9)24-16(20)19-15(21)8-4-13(17)25-14(8)18/h2,4-6H,1,3,7H2. The van der Waals surface area contributed by atoms with E-state index in [1.165, 1.54) is 17.4 Å². The molecule has 0 aliphatic carbocycles. The molecule has 0 atom stereocenters. The Morgan fingerprint density at radius 2 is 2.04 bits per heavy atom. The number of halogens is 2. The summed E-state index contributed by atoms with van der Waals surface area (Å²) in [5.74, 6) is 0.927. The largest absolute Gasteiger partial charge is 0.454 e. The summed E-state index contributed by atoms with van der Waals surface area (Å²) in [5, 5.41) is 0. The molecular formula is C16H10Cl2N2O3S2. The van der Waals surface area contributed by atoms with E-state index in [0.717, 1.165) is 21.6 Å². The van der Waals surface area contributed by atoms with Crippen molar-refractivity contribution in [1.82, 2.24) is 4.57 Å². The molecule has 0 unspecified atom stereocenters. The Kier molecular flexibility index (Phi) is 4.33. The van der Waals surface area contributed by atoms with Gasteiger partial charge in [-0.05, 0) is 6.07 Å². The summed E-state index contributed by atoms with van der Waals surface area (Å²) in [5.41, 5.74) is 1.20. The number of carbonyl (C=O) groups excluding carboxylic acids is 1. The lowest BCUT2D eigenvalue weighted by Gasteiger charge is -2.02. The first kappa shape index (κ1) is 16.7. The summed E-state index contributed by atoms with van der Waals surface area (Å²) < 4.78 is 14.5. The van der Waals surface area contributed by atoms with Crippen LogP contribution in [0.4, 0.5) is 0 Å². The lowest BCUT2D eigenvalue weighted by atomic mass is 10.3. The van der Waals surface area contributed by atoms with Gasteiger partial charge in [0.2, 0.25) is 6.79 Å². The number of nitrogens with zero attached hydrogens (tertiary/aromatic N) is 2. The Labute approximate surface area is 160 Å². The van der Waals surface area contributed by atoms with Gasteiger partial charge >= 0.3 is 0 Å². The Balaban J connectivity index is 1.88. The average Bonchev–Trinajstić information content (AvgIpc) is 3.24. The molecule has 4 rings (SSSR count). The summed E-state index contributed by atoms with van der Waals surface area (Å²) >= 11 is 14.5. The van der Waals surface area contributed by atoms with Crippen LogP contribution in [0, 0.1) is 0 Å². The summed E-state index contributed by atoms with van der Waals surface area (Å²) in [6, 6.07) is 5.30. The van der Waals surface area contributed by atoms with Crippen LogP contribution in [-0.4, -0.2) is 17.3 Å². The molecule has 9 heteroatoms. The third-order valence-corrected chi connectivity index (χ3v) is 6.10. The SMILES string of the molecule is C=CCn1c(=NC(=O)c2cc(Cl)sc2Cl)sc2cc3c(cc21)OCO3. The molecule has 5 nitrogen and oxygen atoms in total. The van der Waals surface area contributed by atoms with Gasteiger partial charge < -0.3 is 14.0 Å². The van der Waals surface area contributed by atoms with Crippen LogP contribution in [-0.2, 0) is 6.54 Å². The van der Waals surface area contributed by atoms with Crippen LogP contribution in [0.25, 0.3) is 10.2 Å². The molecule has 0 radical (unpaired) electrons. The van der Waals surface area contributed by atoms with Crippen molar-refractivity contribution in [2.45, 2.75) is 6.54 Å². The molecule has 0 bridgehead atoms. The minimum absolute atomic E-state index is 0.210. The third-order valence-electron chi connectivity index (χ3n) is 3.57. The van der Waals surface area contributed by atoms with Crippen molar-refractivity contribution < 1.29 is 14.3 Å². The molecular weight excluding hydrogens is 403 g/mol. The molecule has 1 aliphatic rings. The number of ether oxygens (including phenoxy) is 2. The van der Waals surface area contributed by atoms with Crippen molar-refractivity contribution in [2.75, 3.05) is 6.79 Å². The van der Waals surface area contributed by atoms with Gasteiger partial charge in [0.1, 0.15) is 4.34 Å². The van der Waals surface area contributed by atoms with E-state index in [1.54, 1.807) is 6.08 Å². The quantitative estimate of drug-likeness (QED) is 0.584. The van der Waals surface area contributed by atoms with E-state index in [-0.39, 0.29) is 6.79 Å². The second kappa shape index (κ2) is 6.49. The van der Waals surface area contributed by atoms with Crippen LogP contribution in [0.1, 0.15) is 10.4 Å². The highest BCUT2D eigenvalue weighted by molar-refractivity contribution is 7.20. The number of hydrogen-bond acceptors (Lipinski definition) is 5. The Hall–Kier alpha value is -1.80. The smallest absolute Gasteiger partial charge is 0.282 e. The Morgan fingerprint density at radius 3 is 2.72 bits per heavy atom. The zero-order chi connectivity index (χ0) is 17.6. The topological polar surface area (TPSA) is 52.8 Å². The lowest BCUT2D eigenvalue weighted by molar-refractivity contribution is 0.0998. The fourth-order valence-electron chi connectivity index (χ4n) is 2.48. The second-order valence-electron chi connectivity index (χ2n) is 5.11. The van der Waals surface area contributed by atoms with Crippen molar-refractivity contribution in [2.24, 2.45) is 4.99 Å². The maximum absolute atomic E-state index is 12.5. The van der Waals surface area contributed by atoms with E-state index in [1.807, 2.05) is 16.7 Å². The number of benzene rings is 1.